The van der Waals surface area contributed by atoms with E-state index in [2.05, 4.69) is 22.3 Å². The Hall–Kier alpha value is -1.31. The van der Waals surface area contributed by atoms with E-state index in [4.69, 9.17) is 4.99 Å². The van der Waals surface area contributed by atoms with Gasteiger partial charge >= 0.3 is 0 Å². The number of piperidine rings is 1. The minimum Gasteiger partial charge on any atom is -0.348 e. The van der Waals surface area contributed by atoms with Gasteiger partial charge in [0.25, 0.3) is 0 Å². The molecule has 2 aliphatic rings. The molecule has 1 saturated carbocycles. The number of hydrogen-bond acceptors (Lipinski definition) is 2. The zero-order valence-corrected chi connectivity index (χ0v) is 18.9. The minimum atomic E-state index is -0.317. The summed E-state index contributed by atoms with van der Waals surface area (Å²) in [5.74, 6) is 1.16. The second-order valence-corrected chi connectivity index (χ2v) is 7.87. The third kappa shape index (κ3) is 5.59. The molecule has 5 nitrogen and oxygen atoms in total. The molecular weight excluding hydrogens is 451 g/mol. The van der Waals surface area contributed by atoms with Crippen molar-refractivity contribution in [1.29, 1.82) is 0 Å². The largest absolute Gasteiger partial charge is 0.348 e. The molecule has 1 N–H and O–H groups in total. The van der Waals surface area contributed by atoms with Crippen molar-refractivity contribution in [2.24, 2.45) is 10.4 Å². The smallest absolute Gasteiger partial charge is 0.230 e. The first-order chi connectivity index (χ1) is 12.6. The topological polar surface area (TPSA) is 47.9 Å². The maximum absolute atomic E-state index is 12.8. The average molecular weight is 484 g/mol. The number of para-hydroxylation sites is 1. The van der Waals surface area contributed by atoms with Crippen LogP contribution in [0.2, 0.25) is 0 Å². The highest BCUT2D eigenvalue weighted by Gasteiger charge is 2.42. The minimum absolute atomic E-state index is 0. The maximum Gasteiger partial charge on any atom is 0.230 e. The fourth-order valence-corrected chi connectivity index (χ4v) is 4.17. The van der Waals surface area contributed by atoms with Crippen LogP contribution in [0.5, 0.6) is 0 Å². The van der Waals surface area contributed by atoms with E-state index in [9.17, 15) is 4.79 Å². The normalized spacial score (nSPS) is 19.3. The van der Waals surface area contributed by atoms with Crippen LogP contribution in [0.25, 0.3) is 0 Å². The van der Waals surface area contributed by atoms with Gasteiger partial charge in [0.1, 0.15) is 0 Å². The highest BCUT2D eigenvalue weighted by atomic mass is 127. The fourth-order valence-electron chi connectivity index (χ4n) is 4.17. The monoisotopic (exact) mass is 484 g/mol. The van der Waals surface area contributed by atoms with Gasteiger partial charge in [0.2, 0.25) is 5.91 Å². The number of anilines is 1. The van der Waals surface area contributed by atoms with E-state index in [-0.39, 0.29) is 35.3 Å². The summed E-state index contributed by atoms with van der Waals surface area (Å²) in [5.41, 5.74) is 0.736. The lowest BCUT2D eigenvalue weighted by Crippen LogP contribution is -2.43. The van der Waals surface area contributed by atoms with Crippen LogP contribution in [0.15, 0.2) is 35.3 Å². The lowest BCUT2D eigenvalue weighted by molar-refractivity contribution is -0.138. The molecule has 1 aromatic carbocycles. The number of carbonyl (C=O) groups is 1. The van der Waals surface area contributed by atoms with Gasteiger partial charge in [-0.3, -0.25) is 9.79 Å². The number of benzene rings is 1. The Morgan fingerprint density at radius 1 is 1.07 bits per heavy atom. The van der Waals surface area contributed by atoms with Crippen molar-refractivity contribution in [3.63, 3.8) is 0 Å². The quantitative estimate of drug-likeness (QED) is 0.396. The Bertz CT molecular complexity index is 620. The number of amides is 1. The molecule has 27 heavy (non-hydrogen) atoms. The predicted octanol–water partition coefficient (Wildman–Crippen LogP) is 4.21. The third-order valence-corrected chi connectivity index (χ3v) is 5.64. The van der Waals surface area contributed by atoms with Crippen LogP contribution in [-0.2, 0) is 4.79 Å². The van der Waals surface area contributed by atoms with E-state index >= 15 is 0 Å². The molecule has 3 rings (SSSR count). The van der Waals surface area contributed by atoms with Crippen LogP contribution >= 0.6 is 24.0 Å². The SMILES string of the molecule is CN(C)C(=O)C1(CN=C(Nc2ccccc2)N2CCCCC2)CCCC1.I. The highest BCUT2D eigenvalue weighted by Crippen LogP contribution is 2.40. The molecule has 6 heteroatoms. The molecule has 1 saturated heterocycles. The number of guanidine groups is 1. The molecule has 150 valence electrons. The van der Waals surface area contributed by atoms with Crippen molar-refractivity contribution in [3.8, 4) is 0 Å². The van der Waals surface area contributed by atoms with Gasteiger partial charge in [-0.05, 0) is 44.2 Å². The molecule has 1 aromatic rings. The summed E-state index contributed by atoms with van der Waals surface area (Å²) in [6.07, 6.45) is 7.85. The summed E-state index contributed by atoms with van der Waals surface area (Å²) >= 11 is 0. The lowest BCUT2D eigenvalue weighted by atomic mass is 9.85. The van der Waals surface area contributed by atoms with Gasteiger partial charge in [0.05, 0.1) is 12.0 Å². The molecule has 0 unspecified atom stereocenters. The zero-order chi connectivity index (χ0) is 18.4. The van der Waals surface area contributed by atoms with Crippen LogP contribution in [0.1, 0.15) is 44.9 Å². The summed E-state index contributed by atoms with van der Waals surface area (Å²) in [6.45, 7) is 2.65. The van der Waals surface area contributed by atoms with Gasteiger partial charge in [-0.2, -0.15) is 0 Å². The van der Waals surface area contributed by atoms with Crippen molar-refractivity contribution < 1.29 is 4.79 Å². The van der Waals surface area contributed by atoms with Crippen LogP contribution in [0.4, 0.5) is 5.69 Å². The second-order valence-electron chi connectivity index (χ2n) is 7.87. The van der Waals surface area contributed by atoms with Crippen LogP contribution in [0.3, 0.4) is 0 Å². The van der Waals surface area contributed by atoms with Crippen LogP contribution < -0.4 is 5.32 Å². The van der Waals surface area contributed by atoms with E-state index in [0.717, 1.165) is 50.4 Å². The second kappa shape index (κ2) is 10.3. The lowest BCUT2D eigenvalue weighted by Gasteiger charge is -2.33. The predicted molar refractivity (Wildman–Crippen MR) is 123 cm³/mol. The van der Waals surface area contributed by atoms with Crippen molar-refractivity contribution >= 4 is 41.5 Å². The van der Waals surface area contributed by atoms with Gasteiger partial charge in [-0.1, -0.05) is 31.0 Å². The Labute approximate surface area is 180 Å². The Balaban J connectivity index is 0.00000261. The van der Waals surface area contributed by atoms with E-state index < -0.39 is 0 Å². The van der Waals surface area contributed by atoms with Crippen molar-refractivity contribution in [3.05, 3.63) is 30.3 Å². The van der Waals surface area contributed by atoms with Gasteiger partial charge < -0.3 is 15.1 Å². The highest BCUT2D eigenvalue weighted by molar-refractivity contribution is 14.0. The molecule has 0 atom stereocenters. The fraction of sp³-hybridized carbons (Fsp3) is 0.619. The number of hydrogen-bond donors (Lipinski definition) is 1. The third-order valence-electron chi connectivity index (χ3n) is 5.64. The molecule has 1 aliphatic carbocycles. The summed E-state index contributed by atoms with van der Waals surface area (Å²) in [5, 5.41) is 3.51. The van der Waals surface area contributed by atoms with Crippen LogP contribution in [0, 0.1) is 5.41 Å². The maximum atomic E-state index is 12.8. The van der Waals surface area contributed by atoms with E-state index in [1.54, 1.807) is 4.90 Å². The van der Waals surface area contributed by atoms with Gasteiger partial charge in [-0.25, -0.2) is 0 Å². The number of nitrogens with one attached hydrogen (secondary N) is 1. The first-order valence-corrected chi connectivity index (χ1v) is 9.94. The number of rotatable bonds is 4. The number of nitrogens with zero attached hydrogens (tertiary/aromatic N) is 3. The van der Waals surface area contributed by atoms with Crippen molar-refractivity contribution in [1.82, 2.24) is 9.80 Å². The van der Waals surface area contributed by atoms with E-state index in [0.29, 0.717) is 6.54 Å². The first-order valence-electron chi connectivity index (χ1n) is 9.94. The number of halogens is 1. The van der Waals surface area contributed by atoms with E-state index in [1.165, 1.54) is 19.3 Å². The molecule has 1 amide bonds. The van der Waals surface area contributed by atoms with Crippen LogP contribution in [-0.4, -0.2) is 55.4 Å². The van der Waals surface area contributed by atoms with Gasteiger partial charge in [-0.15, -0.1) is 24.0 Å². The molecule has 0 bridgehead atoms. The summed E-state index contributed by atoms with van der Waals surface area (Å²) in [7, 11) is 3.72. The Morgan fingerprint density at radius 2 is 1.70 bits per heavy atom. The molecule has 0 radical (unpaired) electrons. The van der Waals surface area contributed by atoms with Crippen molar-refractivity contribution in [2.75, 3.05) is 39.0 Å². The molecule has 0 aromatic heterocycles. The first kappa shape index (κ1) is 22.0. The molecule has 1 heterocycles. The standard InChI is InChI=1S/C21H32N4O.HI/c1-24(2)19(26)21(13-7-8-14-21)17-22-20(25-15-9-4-10-16-25)23-18-11-5-3-6-12-18;/h3,5-6,11-12H,4,7-10,13-17H2,1-2H3,(H,22,23);1H. The van der Waals surface area contributed by atoms with Crippen molar-refractivity contribution in [2.45, 2.75) is 44.9 Å². The van der Waals surface area contributed by atoms with Gasteiger partial charge in [0.15, 0.2) is 5.96 Å². The average Bonchev–Trinajstić information content (AvgIpc) is 3.16. The molecule has 0 spiro atoms. The summed E-state index contributed by atoms with van der Waals surface area (Å²) < 4.78 is 0. The molecular formula is C21H33IN4O. The Kier molecular flexibility index (Phi) is 8.38. The Morgan fingerprint density at radius 3 is 2.30 bits per heavy atom. The zero-order valence-electron chi connectivity index (χ0n) is 16.6. The number of carbonyl (C=O) groups excluding carboxylic acids is 1. The number of likely N-dealkylation sites (tertiary alicyclic amines) is 1. The molecule has 1 aliphatic heterocycles. The molecule has 2 fully saturated rings. The number of aliphatic imine (C=N–C) groups is 1. The summed E-state index contributed by atoms with van der Waals surface area (Å²) in [4.78, 5) is 21.9. The summed E-state index contributed by atoms with van der Waals surface area (Å²) in [6, 6.07) is 10.2. The van der Waals surface area contributed by atoms with E-state index in [1.807, 2.05) is 32.3 Å². The van der Waals surface area contributed by atoms with Gasteiger partial charge in [0, 0.05) is 32.9 Å².